The fourth-order valence-corrected chi connectivity index (χ4v) is 5.03. The maximum Gasteiger partial charge on any atom is 0.205 e. The maximum absolute atomic E-state index is 12.8. The summed E-state index contributed by atoms with van der Waals surface area (Å²) in [5, 5.41) is 0. The van der Waals surface area contributed by atoms with Gasteiger partial charge in [0.1, 0.15) is 6.10 Å². The molecule has 5 heteroatoms. The average molecular weight is 356 g/mol. The quantitative estimate of drug-likeness (QED) is 0.823. The van der Waals surface area contributed by atoms with Gasteiger partial charge in [0.15, 0.2) is 0 Å². The molecule has 25 heavy (non-hydrogen) atoms. The van der Waals surface area contributed by atoms with Gasteiger partial charge in [-0.1, -0.05) is 48.5 Å². The summed E-state index contributed by atoms with van der Waals surface area (Å²) in [5.74, 6) is 0. The van der Waals surface area contributed by atoms with E-state index in [2.05, 4.69) is 0 Å². The molecule has 0 unspecified atom stereocenters. The van der Waals surface area contributed by atoms with Crippen LogP contribution in [0.25, 0.3) is 0 Å². The molecule has 1 saturated heterocycles. The Morgan fingerprint density at radius 2 is 1.72 bits per heavy atom. The second-order valence-corrected chi connectivity index (χ2v) is 8.67. The Hall–Kier alpha value is -1.95. The van der Waals surface area contributed by atoms with E-state index in [1.165, 1.54) is 0 Å². The Kier molecular flexibility index (Phi) is 4.02. The first-order chi connectivity index (χ1) is 12.0. The van der Waals surface area contributed by atoms with Crippen molar-refractivity contribution >= 4 is 9.84 Å². The zero-order chi connectivity index (χ0) is 17.5. The molecule has 0 N–H and O–H groups in total. The molecule has 4 nitrogen and oxygen atoms in total. The van der Waals surface area contributed by atoms with Crippen molar-refractivity contribution in [2.45, 2.75) is 42.7 Å². The molecule has 2 aromatic rings. The zero-order valence-electron chi connectivity index (χ0n) is 14.0. The second-order valence-electron chi connectivity index (χ2n) is 6.72. The molecule has 0 amide bonds. The molecule has 0 saturated carbocycles. The molecule has 0 spiro atoms. The van der Waals surface area contributed by atoms with Crippen molar-refractivity contribution in [2.24, 2.45) is 0 Å². The van der Waals surface area contributed by atoms with E-state index in [1.807, 2.05) is 37.3 Å². The number of rotatable bonds is 5. The van der Waals surface area contributed by atoms with Crippen molar-refractivity contribution in [3.63, 3.8) is 0 Å². The topological polar surface area (TPSA) is 52.6 Å². The van der Waals surface area contributed by atoms with Gasteiger partial charge >= 0.3 is 0 Å². The maximum atomic E-state index is 12.8. The van der Waals surface area contributed by atoms with Crippen molar-refractivity contribution in [3.05, 3.63) is 77.2 Å². The third kappa shape index (κ3) is 2.92. The monoisotopic (exact) mass is 356 g/mol. The standard InChI is InChI=1S/C20H20O4S/c1-20(23-14-15-8-4-2-5-9-15)13-17-18(12-19(20)24-17)25(21,22)16-10-6-3-7-11-16/h2-12,17,19H,13-14H2,1H3/t17-,19-,20-/m0/s1. The molecule has 4 rings (SSSR count). The van der Waals surface area contributed by atoms with Crippen LogP contribution in [0.5, 0.6) is 0 Å². The van der Waals surface area contributed by atoms with Crippen LogP contribution in [0.3, 0.4) is 0 Å². The minimum Gasteiger partial charge on any atom is -0.367 e. The smallest absolute Gasteiger partial charge is 0.205 e. The molecule has 0 aromatic heterocycles. The Balaban J connectivity index is 1.53. The summed E-state index contributed by atoms with van der Waals surface area (Å²) in [6.07, 6.45) is 1.50. The molecular weight excluding hydrogens is 336 g/mol. The SMILES string of the molecule is C[C@]1(OCc2ccccc2)C[C@@H]2O[C@H]1C=C2S(=O)(=O)c1ccccc1. The van der Waals surface area contributed by atoms with Crippen molar-refractivity contribution in [1.82, 2.24) is 0 Å². The van der Waals surface area contributed by atoms with Crippen LogP contribution in [0.4, 0.5) is 0 Å². The van der Waals surface area contributed by atoms with Crippen LogP contribution in [0, 0.1) is 0 Å². The van der Waals surface area contributed by atoms with E-state index in [9.17, 15) is 8.42 Å². The molecular formula is C20H20O4S. The summed E-state index contributed by atoms with van der Waals surface area (Å²) in [7, 11) is -3.51. The Bertz CT molecular complexity index is 890. The van der Waals surface area contributed by atoms with Crippen molar-refractivity contribution in [2.75, 3.05) is 0 Å². The van der Waals surface area contributed by atoms with Gasteiger partial charge in [-0.05, 0) is 30.7 Å². The molecule has 0 radical (unpaired) electrons. The van der Waals surface area contributed by atoms with Gasteiger partial charge in [-0.25, -0.2) is 8.42 Å². The van der Waals surface area contributed by atoms with E-state index < -0.39 is 21.5 Å². The molecule has 2 bridgehead atoms. The number of ether oxygens (including phenoxy) is 2. The molecule has 1 fully saturated rings. The van der Waals surface area contributed by atoms with Gasteiger partial charge in [-0.15, -0.1) is 0 Å². The first-order valence-electron chi connectivity index (χ1n) is 8.34. The molecule has 0 aliphatic carbocycles. The van der Waals surface area contributed by atoms with Gasteiger partial charge in [0, 0.05) is 6.42 Å². The number of hydrogen-bond acceptors (Lipinski definition) is 4. The predicted molar refractivity (Wildman–Crippen MR) is 94.6 cm³/mol. The summed E-state index contributed by atoms with van der Waals surface area (Å²) in [5.41, 5.74) is 0.587. The lowest BCUT2D eigenvalue weighted by Gasteiger charge is -2.30. The van der Waals surface area contributed by atoms with E-state index in [0.717, 1.165) is 5.56 Å². The van der Waals surface area contributed by atoms with Crippen LogP contribution in [0.2, 0.25) is 0 Å². The Morgan fingerprint density at radius 1 is 1.08 bits per heavy atom. The van der Waals surface area contributed by atoms with E-state index in [0.29, 0.717) is 22.8 Å². The van der Waals surface area contributed by atoms with Crippen LogP contribution in [0.15, 0.2) is 76.5 Å². The summed E-state index contributed by atoms with van der Waals surface area (Å²) in [6, 6.07) is 18.4. The van der Waals surface area contributed by atoms with E-state index in [-0.39, 0.29) is 6.10 Å². The summed E-state index contributed by atoms with van der Waals surface area (Å²) in [4.78, 5) is 0.675. The van der Waals surface area contributed by atoms with Gasteiger partial charge < -0.3 is 9.47 Å². The highest BCUT2D eigenvalue weighted by Gasteiger charge is 2.53. The fourth-order valence-electron chi connectivity index (χ4n) is 3.45. The van der Waals surface area contributed by atoms with Gasteiger partial charge in [0.2, 0.25) is 9.84 Å². The molecule has 3 atom stereocenters. The minimum absolute atomic E-state index is 0.310. The summed E-state index contributed by atoms with van der Waals surface area (Å²) in [6.45, 7) is 2.47. The van der Waals surface area contributed by atoms with E-state index in [4.69, 9.17) is 9.47 Å². The summed E-state index contributed by atoms with van der Waals surface area (Å²) >= 11 is 0. The van der Waals surface area contributed by atoms with Crippen LogP contribution >= 0.6 is 0 Å². The fraction of sp³-hybridized carbons (Fsp3) is 0.300. The van der Waals surface area contributed by atoms with Gasteiger partial charge in [-0.3, -0.25) is 0 Å². The highest BCUT2D eigenvalue weighted by molar-refractivity contribution is 7.95. The first-order valence-corrected chi connectivity index (χ1v) is 9.83. The number of hydrogen-bond donors (Lipinski definition) is 0. The molecule has 130 valence electrons. The lowest BCUT2D eigenvalue weighted by molar-refractivity contribution is -0.0706. The Morgan fingerprint density at radius 3 is 2.32 bits per heavy atom. The van der Waals surface area contributed by atoms with Crippen LogP contribution < -0.4 is 0 Å². The number of benzene rings is 2. The highest BCUT2D eigenvalue weighted by Crippen LogP contribution is 2.46. The van der Waals surface area contributed by atoms with Crippen LogP contribution in [0.1, 0.15) is 18.9 Å². The first kappa shape index (κ1) is 16.5. The third-order valence-corrected chi connectivity index (χ3v) is 6.82. The Labute approximate surface area is 148 Å². The van der Waals surface area contributed by atoms with Crippen LogP contribution in [-0.4, -0.2) is 26.2 Å². The number of fused-ring (bicyclic) bond motifs is 2. The highest BCUT2D eigenvalue weighted by atomic mass is 32.2. The average Bonchev–Trinajstić information content (AvgIpc) is 3.20. The van der Waals surface area contributed by atoms with Gasteiger partial charge in [-0.2, -0.15) is 0 Å². The summed E-state index contributed by atoms with van der Waals surface area (Å²) < 4.78 is 37.7. The van der Waals surface area contributed by atoms with Gasteiger partial charge in [0.25, 0.3) is 0 Å². The normalized spacial score (nSPS) is 28.1. The van der Waals surface area contributed by atoms with Gasteiger partial charge in [0.05, 0.1) is 28.1 Å². The third-order valence-electron chi connectivity index (χ3n) is 4.91. The number of sulfone groups is 1. The lowest BCUT2D eigenvalue weighted by Crippen LogP contribution is -2.38. The van der Waals surface area contributed by atoms with E-state index in [1.54, 1.807) is 36.4 Å². The van der Waals surface area contributed by atoms with Crippen molar-refractivity contribution in [3.8, 4) is 0 Å². The molecule has 2 aliphatic heterocycles. The van der Waals surface area contributed by atoms with Crippen molar-refractivity contribution in [1.29, 1.82) is 0 Å². The zero-order valence-corrected chi connectivity index (χ0v) is 14.8. The molecule has 2 aromatic carbocycles. The largest absolute Gasteiger partial charge is 0.367 e. The van der Waals surface area contributed by atoms with E-state index >= 15 is 0 Å². The molecule has 2 heterocycles. The minimum atomic E-state index is -3.51. The second kappa shape index (κ2) is 6.09. The predicted octanol–water partition coefficient (Wildman–Crippen LogP) is 3.49. The van der Waals surface area contributed by atoms with Crippen molar-refractivity contribution < 1.29 is 17.9 Å². The lowest BCUT2D eigenvalue weighted by atomic mass is 9.91. The van der Waals surface area contributed by atoms with Crippen LogP contribution in [-0.2, 0) is 25.9 Å². The molecule has 2 aliphatic rings.